The van der Waals surface area contributed by atoms with Crippen LogP contribution in [0.15, 0.2) is 65.4 Å². The molecule has 0 saturated carbocycles. The second kappa shape index (κ2) is 9.16. The number of carbonyl (C=O) groups excluding carboxylic acids is 2. The molecule has 3 heterocycles. The number of hydrogen-bond acceptors (Lipinski definition) is 5. The zero-order valence-electron chi connectivity index (χ0n) is 18.1. The number of anilines is 1. The number of rotatable bonds is 4. The summed E-state index contributed by atoms with van der Waals surface area (Å²) in [5.74, 6) is -1.45. The van der Waals surface area contributed by atoms with Crippen LogP contribution in [-0.4, -0.2) is 29.1 Å². The molecule has 1 amide bonds. The Balaban J connectivity index is 1.56. The smallest absolute Gasteiger partial charge is 0.248 e. The van der Waals surface area contributed by atoms with Crippen molar-refractivity contribution in [1.82, 2.24) is 4.31 Å². The van der Waals surface area contributed by atoms with Crippen LogP contribution >= 0.6 is 35.8 Å². The Morgan fingerprint density at radius 1 is 0.939 bits per heavy atom. The summed E-state index contributed by atoms with van der Waals surface area (Å²) >= 11 is 12.6. The number of hydrogen-bond donors (Lipinski definition) is 1. The van der Waals surface area contributed by atoms with Crippen molar-refractivity contribution >= 4 is 53.1 Å². The highest BCUT2D eigenvalue weighted by atomic mass is 35.5. The molecule has 2 fully saturated rings. The summed E-state index contributed by atoms with van der Waals surface area (Å²) < 4.78 is 1.46. The van der Waals surface area contributed by atoms with Crippen LogP contribution < -0.4 is 4.90 Å². The van der Waals surface area contributed by atoms with Crippen LogP contribution in [0.2, 0.25) is 5.02 Å². The summed E-state index contributed by atoms with van der Waals surface area (Å²) in [4.78, 5) is 29.6. The SMILES string of the molecule is O=C1CC(c2ccc(N3CCCCC3)cc2)(c2ccsc2)N(S)C(=O)C1c1ccccc1Cl. The van der Waals surface area contributed by atoms with Gasteiger partial charge >= 0.3 is 0 Å². The molecule has 0 bridgehead atoms. The Hall–Kier alpha value is -2.28. The number of benzene rings is 2. The van der Waals surface area contributed by atoms with Gasteiger partial charge in [-0.15, -0.1) is 0 Å². The van der Waals surface area contributed by atoms with Crippen molar-refractivity contribution in [3.8, 4) is 0 Å². The highest BCUT2D eigenvalue weighted by molar-refractivity contribution is 7.78. The number of piperidine rings is 2. The van der Waals surface area contributed by atoms with Gasteiger partial charge in [0.05, 0.1) is 0 Å². The summed E-state index contributed by atoms with van der Waals surface area (Å²) in [6.45, 7) is 2.12. The lowest BCUT2D eigenvalue weighted by Gasteiger charge is -2.46. The van der Waals surface area contributed by atoms with E-state index in [4.69, 9.17) is 24.4 Å². The van der Waals surface area contributed by atoms with Gasteiger partial charge in [0.25, 0.3) is 0 Å². The minimum absolute atomic E-state index is 0.137. The third kappa shape index (κ3) is 3.88. The molecule has 4 nitrogen and oxygen atoms in total. The lowest BCUT2D eigenvalue weighted by atomic mass is 9.73. The van der Waals surface area contributed by atoms with Gasteiger partial charge < -0.3 is 4.90 Å². The molecule has 3 aromatic rings. The first-order valence-electron chi connectivity index (χ1n) is 11.2. The summed E-state index contributed by atoms with van der Waals surface area (Å²) in [7, 11) is 0. The van der Waals surface area contributed by atoms with E-state index in [0.29, 0.717) is 10.6 Å². The van der Waals surface area contributed by atoms with E-state index in [1.807, 2.05) is 29.0 Å². The maximum absolute atomic E-state index is 13.7. The molecule has 5 rings (SSSR count). The van der Waals surface area contributed by atoms with E-state index < -0.39 is 11.5 Å². The molecule has 2 atom stereocenters. The van der Waals surface area contributed by atoms with Crippen molar-refractivity contribution in [2.45, 2.75) is 37.1 Å². The first-order chi connectivity index (χ1) is 16.0. The molecule has 0 spiro atoms. The fourth-order valence-electron chi connectivity index (χ4n) is 5.11. The quantitative estimate of drug-likeness (QED) is 0.352. The molecule has 0 radical (unpaired) electrons. The van der Waals surface area contributed by atoms with E-state index in [2.05, 4.69) is 17.0 Å². The van der Waals surface area contributed by atoms with Gasteiger partial charge in [0.2, 0.25) is 5.91 Å². The van der Waals surface area contributed by atoms with Crippen LogP contribution in [0.3, 0.4) is 0 Å². The zero-order valence-corrected chi connectivity index (χ0v) is 20.6. The minimum atomic E-state index is -0.963. The molecule has 170 valence electrons. The molecule has 2 saturated heterocycles. The second-order valence-corrected chi connectivity index (χ2v) is 10.3. The lowest BCUT2D eigenvalue weighted by molar-refractivity contribution is -0.142. The summed E-state index contributed by atoms with van der Waals surface area (Å²) in [5, 5.41) is 4.38. The molecule has 2 aromatic carbocycles. The molecular weight excluding hydrogens is 472 g/mol. The Morgan fingerprint density at radius 3 is 2.33 bits per heavy atom. The van der Waals surface area contributed by atoms with E-state index in [0.717, 1.165) is 24.2 Å². The zero-order chi connectivity index (χ0) is 23.0. The second-order valence-electron chi connectivity index (χ2n) is 8.71. The molecule has 2 unspecified atom stereocenters. The highest BCUT2D eigenvalue weighted by Crippen LogP contribution is 2.48. The number of nitrogens with zero attached hydrogens (tertiary/aromatic N) is 2. The summed E-state index contributed by atoms with van der Waals surface area (Å²) in [6, 6.07) is 17.3. The van der Waals surface area contributed by atoms with Gasteiger partial charge in [0.1, 0.15) is 11.5 Å². The molecule has 0 N–H and O–H groups in total. The van der Waals surface area contributed by atoms with Gasteiger partial charge in [-0.1, -0.05) is 54.7 Å². The summed E-state index contributed by atoms with van der Waals surface area (Å²) in [6.07, 6.45) is 3.83. The van der Waals surface area contributed by atoms with E-state index in [1.54, 1.807) is 35.6 Å². The van der Waals surface area contributed by atoms with Crippen molar-refractivity contribution in [1.29, 1.82) is 0 Å². The van der Waals surface area contributed by atoms with Gasteiger partial charge in [-0.05, 0) is 71.0 Å². The molecule has 7 heteroatoms. The number of amides is 1. The first kappa shape index (κ1) is 22.5. The number of thiophene rings is 1. The molecule has 2 aliphatic rings. The first-order valence-corrected chi connectivity index (χ1v) is 12.9. The Morgan fingerprint density at radius 2 is 1.67 bits per heavy atom. The molecule has 33 heavy (non-hydrogen) atoms. The Kier molecular flexibility index (Phi) is 6.25. The van der Waals surface area contributed by atoms with Gasteiger partial charge in [-0.3, -0.25) is 13.9 Å². The van der Waals surface area contributed by atoms with E-state index in [9.17, 15) is 9.59 Å². The molecule has 0 aliphatic carbocycles. The Labute approximate surface area is 208 Å². The largest absolute Gasteiger partial charge is 0.372 e. The topological polar surface area (TPSA) is 40.6 Å². The minimum Gasteiger partial charge on any atom is -0.372 e. The average Bonchev–Trinajstić information content (AvgIpc) is 3.39. The third-order valence-corrected chi connectivity index (χ3v) is 8.42. The van der Waals surface area contributed by atoms with E-state index in [1.165, 1.54) is 29.3 Å². The number of ketones is 1. The van der Waals surface area contributed by atoms with Crippen LogP contribution in [0.4, 0.5) is 5.69 Å². The van der Waals surface area contributed by atoms with Crippen LogP contribution in [0.1, 0.15) is 48.3 Å². The van der Waals surface area contributed by atoms with Crippen molar-refractivity contribution in [2.24, 2.45) is 0 Å². The maximum atomic E-state index is 13.7. The van der Waals surface area contributed by atoms with Crippen LogP contribution in [0.25, 0.3) is 0 Å². The molecular formula is C26H25ClN2O2S2. The van der Waals surface area contributed by atoms with Gasteiger partial charge in [0.15, 0.2) is 5.78 Å². The predicted octanol–water partition coefficient (Wildman–Crippen LogP) is 6.07. The van der Waals surface area contributed by atoms with Crippen molar-refractivity contribution in [3.63, 3.8) is 0 Å². The van der Waals surface area contributed by atoms with Gasteiger partial charge in [-0.2, -0.15) is 11.3 Å². The normalized spacial score (nSPS) is 23.8. The van der Waals surface area contributed by atoms with E-state index in [-0.39, 0.29) is 18.1 Å². The number of halogens is 1. The number of thiol groups is 1. The Bertz CT molecular complexity index is 1160. The standard InChI is InChI=1S/C26H25ClN2O2S2/c27-22-7-3-2-6-21(22)24-23(30)16-26(29(32)25(24)31,19-12-15-33-17-19)18-8-10-20(11-9-18)28-13-4-1-5-14-28/h2-3,6-12,15,17,24,32H,1,4-5,13-14,16H2. The van der Waals surface area contributed by atoms with Crippen molar-refractivity contribution in [2.75, 3.05) is 18.0 Å². The van der Waals surface area contributed by atoms with Gasteiger partial charge in [-0.25, -0.2) is 0 Å². The van der Waals surface area contributed by atoms with Crippen molar-refractivity contribution in [3.05, 3.63) is 87.1 Å². The number of carbonyl (C=O) groups is 2. The van der Waals surface area contributed by atoms with Crippen molar-refractivity contribution < 1.29 is 9.59 Å². The van der Waals surface area contributed by atoms with Crippen LogP contribution in [0, 0.1) is 0 Å². The van der Waals surface area contributed by atoms with Gasteiger partial charge in [0, 0.05) is 30.2 Å². The number of Topliss-reactive ketones (excluding diaryl/α,β-unsaturated/α-hetero) is 1. The highest BCUT2D eigenvalue weighted by Gasteiger charge is 2.52. The average molecular weight is 497 g/mol. The van der Waals surface area contributed by atoms with E-state index >= 15 is 0 Å². The fourth-order valence-corrected chi connectivity index (χ4v) is 6.49. The predicted molar refractivity (Wildman–Crippen MR) is 137 cm³/mol. The molecule has 2 aliphatic heterocycles. The summed E-state index contributed by atoms with van der Waals surface area (Å²) in [5.41, 5.74) is 2.53. The monoisotopic (exact) mass is 496 g/mol. The van der Waals surface area contributed by atoms with Crippen LogP contribution in [-0.2, 0) is 15.1 Å². The fraction of sp³-hybridized carbons (Fsp3) is 0.308. The molecule has 1 aromatic heterocycles. The lowest BCUT2D eigenvalue weighted by Crippen LogP contribution is -2.54. The van der Waals surface area contributed by atoms with Crippen LogP contribution in [0.5, 0.6) is 0 Å². The maximum Gasteiger partial charge on any atom is 0.248 e. The third-order valence-electron chi connectivity index (χ3n) is 6.85.